The quantitative estimate of drug-likeness (QED) is 0.0973. The van der Waals surface area contributed by atoms with E-state index < -0.39 is 23.9 Å². The molecule has 2 aromatic rings. The number of ether oxygens (including phenoxy) is 3. The van der Waals surface area contributed by atoms with E-state index >= 15 is 0 Å². The van der Waals surface area contributed by atoms with Gasteiger partial charge in [0.1, 0.15) is 0 Å². The summed E-state index contributed by atoms with van der Waals surface area (Å²) < 4.78 is 16.9. The van der Waals surface area contributed by atoms with Crippen LogP contribution < -0.4 is 0 Å². The van der Waals surface area contributed by atoms with Crippen LogP contribution in [0.15, 0.2) is 48.5 Å². The molecule has 48 heavy (non-hydrogen) atoms. The Labute approximate surface area is 288 Å². The summed E-state index contributed by atoms with van der Waals surface area (Å²) in [4.78, 5) is 49.4. The lowest BCUT2D eigenvalue weighted by Gasteiger charge is -2.18. The first-order valence-electron chi connectivity index (χ1n) is 18.1. The Bertz CT molecular complexity index is 1210. The number of esters is 3. The number of carboxylic acid groups (broad SMARTS) is 1. The molecule has 0 fully saturated rings. The molecular weight excluding hydrogens is 608 g/mol. The zero-order valence-corrected chi connectivity index (χ0v) is 30.3. The molecule has 0 spiro atoms. The van der Waals surface area contributed by atoms with Gasteiger partial charge in [-0.1, -0.05) is 118 Å². The maximum absolute atomic E-state index is 13.2. The van der Waals surface area contributed by atoms with E-state index in [1.54, 1.807) is 30.3 Å². The molecule has 0 bridgehead atoms. The lowest BCUT2D eigenvalue weighted by atomic mass is 10.00. The van der Waals surface area contributed by atoms with Gasteiger partial charge in [-0.3, -0.25) is 0 Å². The van der Waals surface area contributed by atoms with Crippen molar-refractivity contribution in [2.45, 2.75) is 119 Å². The minimum Gasteiger partial charge on any atom is -0.478 e. The molecule has 0 aliphatic heterocycles. The fraction of sp³-hybridized carbons (Fsp3) is 0.600. The summed E-state index contributed by atoms with van der Waals surface area (Å²) in [6, 6.07) is 12.7. The fourth-order valence-electron chi connectivity index (χ4n) is 5.11. The topological polar surface area (TPSA) is 116 Å². The van der Waals surface area contributed by atoms with Crippen molar-refractivity contribution in [1.29, 1.82) is 0 Å². The molecular formula is C40H60O8. The lowest BCUT2D eigenvalue weighted by Crippen LogP contribution is -2.20. The molecule has 0 radical (unpaired) electrons. The third-order valence-electron chi connectivity index (χ3n) is 8.70. The normalized spacial score (nSPS) is 12.5. The van der Waals surface area contributed by atoms with Gasteiger partial charge in [-0.15, -0.1) is 0 Å². The second kappa shape index (κ2) is 25.4. The number of unbranched alkanes of at least 4 members (excludes halogenated alkanes) is 3. The van der Waals surface area contributed by atoms with E-state index in [0.29, 0.717) is 24.7 Å². The number of carbonyl (C=O) groups excluding carboxylic acids is 3. The highest BCUT2D eigenvalue weighted by molar-refractivity contribution is 6.05. The van der Waals surface area contributed by atoms with Crippen molar-refractivity contribution < 1.29 is 38.5 Å². The van der Waals surface area contributed by atoms with Gasteiger partial charge in [0.25, 0.3) is 0 Å². The van der Waals surface area contributed by atoms with Crippen molar-refractivity contribution in [2.24, 2.45) is 17.8 Å². The highest BCUT2D eigenvalue weighted by atomic mass is 16.5. The molecule has 0 saturated carbocycles. The Balaban J connectivity index is 0.00000110. The van der Waals surface area contributed by atoms with Gasteiger partial charge in [0.2, 0.25) is 0 Å². The molecule has 0 amide bonds. The van der Waals surface area contributed by atoms with Crippen LogP contribution in [0.25, 0.3) is 0 Å². The minimum absolute atomic E-state index is 0.0550. The van der Waals surface area contributed by atoms with Gasteiger partial charge < -0.3 is 19.3 Å². The fourth-order valence-corrected chi connectivity index (χ4v) is 5.11. The van der Waals surface area contributed by atoms with Gasteiger partial charge in [0.15, 0.2) is 0 Å². The summed E-state index contributed by atoms with van der Waals surface area (Å²) in [6.07, 6.45) is 12.3. The maximum atomic E-state index is 13.2. The first kappa shape index (κ1) is 42.3. The van der Waals surface area contributed by atoms with E-state index in [4.69, 9.17) is 19.3 Å². The predicted molar refractivity (Wildman–Crippen MR) is 191 cm³/mol. The van der Waals surface area contributed by atoms with Crippen molar-refractivity contribution in [3.05, 3.63) is 70.8 Å². The third-order valence-corrected chi connectivity index (χ3v) is 8.70. The third kappa shape index (κ3) is 16.4. The second-order valence-electron chi connectivity index (χ2n) is 12.5. The van der Waals surface area contributed by atoms with Crippen LogP contribution in [-0.2, 0) is 14.2 Å². The standard InChI is InChI=1S/C33H54O6.C7H6O2/c1-7-13-16-25(10-4)22-37-31(34)28-19-20-29(32(35)38-23-26(11-5)17-14-8-2)30(21-28)33(36)39-24-27(12-6)18-15-9-3;8-7(9)6-4-2-1-3-5-6/h19-21,25-27H,7-18,22-24H2,1-6H3;1-5H,(H,8,9). The number of benzene rings is 2. The predicted octanol–water partition coefficient (Wildman–Crippen LogP) is 10.2. The Morgan fingerprint density at radius 3 is 1.33 bits per heavy atom. The molecule has 3 unspecified atom stereocenters. The maximum Gasteiger partial charge on any atom is 0.339 e. The van der Waals surface area contributed by atoms with Crippen LogP contribution in [0, 0.1) is 17.8 Å². The van der Waals surface area contributed by atoms with Crippen LogP contribution in [0.1, 0.15) is 160 Å². The molecule has 0 saturated heterocycles. The van der Waals surface area contributed by atoms with Crippen LogP contribution >= 0.6 is 0 Å². The van der Waals surface area contributed by atoms with Crippen molar-refractivity contribution in [3.8, 4) is 0 Å². The SMILES string of the molecule is CCCCC(CC)COC(=O)c1ccc(C(=O)OCC(CC)CCCC)c(C(=O)OCC(CC)CCCC)c1.O=C(O)c1ccccc1. The zero-order chi connectivity index (χ0) is 35.7. The van der Waals surface area contributed by atoms with E-state index in [-0.39, 0.29) is 35.1 Å². The highest BCUT2D eigenvalue weighted by Crippen LogP contribution is 2.21. The van der Waals surface area contributed by atoms with Crippen LogP contribution in [0.2, 0.25) is 0 Å². The number of carbonyl (C=O) groups is 4. The summed E-state index contributed by atoms with van der Waals surface area (Å²) in [5.74, 6) is -1.72. The van der Waals surface area contributed by atoms with E-state index in [9.17, 15) is 19.2 Å². The molecule has 2 rings (SSSR count). The molecule has 8 heteroatoms. The Kier molecular flexibility index (Phi) is 22.4. The average Bonchev–Trinajstić information content (AvgIpc) is 3.11. The van der Waals surface area contributed by atoms with E-state index in [1.165, 1.54) is 18.2 Å². The van der Waals surface area contributed by atoms with Gasteiger partial charge in [-0.05, 0) is 67.3 Å². The van der Waals surface area contributed by atoms with Crippen LogP contribution in [0.3, 0.4) is 0 Å². The van der Waals surface area contributed by atoms with E-state index in [2.05, 4.69) is 41.5 Å². The smallest absolute Gasteiger partial charge is 0.339 e. The summed E-state index contributed by atoms with van der Waals surface area (Å²) in [6.45, 7) is 13.6. The number of hydrogen-bond acceptors (Lipinski definition) is 7. The van der Waals surface area contributed by atoms with Gasteiger partial charge in [-0.2, -0.15) is 0 Å². The molecule has 0 aliphatic rings. The Hall–Kier alpha value is -3.68. The number of aromatic carboxylic acids is 1. The van der Waals surface area contributed by atoms with Gasteiger partial charge in [0, 0.05) is 0 Å². The Morgan fingerprint density at radius 1 is 0.542 bits per heavy atom. The molecule has 3 atom stereocenters. The summed E-state index contributed by atoms with van der Waals surface area (Å²) >= 11 is 0. The van der Waals surface area contributed by atoms with Gasteiger partial charge in [-0.25, -0.2) is 19.2 Å². The molecule has 1 N–H and O–H groups in total. The number of hydrogen-bond donors (Lipinski definition) is 1. The van der Waals surface area contributed by atoms with Crippen molar-refractivity contribution in [1.82, 2.24) is 0 Å². The molecule has 0 heterocycles. The first-order valence-corrected chi connectivity index (χ1v) is 18.1. The molecule has 8 nitrogen and oxygen atoms in total. The first-order chi connectivity index (χ1) is 23.1. The number of rotatable bonds is 22. The minimum atomic E-state index is -0.879. The Morgan fingerprint density at radius 2 is 0.958 bits per heavy atom. The summed E-state index contributed by atoms with van der Waals surface area (Å²) in [5, 5.41) is 8.38. The van der Waals surface area contributed by atoms with E-state index in [1.807, 2.05) is 0 Å². The molecule has 2 aromatic carbocycles. The monoisotopic (exact) mass is 668 g/mol. The van der Waals surface area contributed by atoms with Crippen LogP contribution in [-0.4, -0.2) is 48.8 Å². The second-order valence-corrected chi connectivity index (χ2v) is 12.5. The van der Waals surface area contributed by atoms with Gasteiger partial charge >= 0.3 is 23.9 Å². The van der Waals surface area contributed by atoms with Crippen molar-refractivity contribution in [2.75, 3.05) is 19.8 Å². The number of carboxylic acids is 1. The van der Waals surface area contributed by atoms with E-state index in [0.717, 1.165) is 77.0 Å². The van der Waals surface area contributed by atoms with Crippen LogP contribution in [0.5, 0.6) is 0 Å². The lowest BCUT2D eigenvalue weighted by molar-refractivity contribution is 0.0379. The van der Waals surface area contributed by atoms with Crippen LogP contribution in [0.4, 0.5) is 0 Å². The van der Waals surface area contributed by atoms with Crippen molar-refractivity contribution in [3.63, 3.8) is 0 Å². The molecule has 0 aromatic heterocycles. The highest BCUT2D eigenvalue weighted by Gasteiger charge is 2.24. The summed E-state index contributed by atoms with van der Waals surface area (Å²) in [5.41, 5.74) is 0.742. The summed E-state index contributed by atoms with van der Waals surface area (Å²) in [7, 11) is 0. The largest absolute Gasteiger partial charge is 0.478 e. The molecule has 0 aliphatic carbocycles. The zero-order valence-electron chi connectivity index (χ0n) is 30.3. The van der Waals surface area contributed by atoms with Crippen molar-refractivity contribution >= 4 is 23.9 Å². The average molecular weight is 669 g/mol. The molecule has 268 valence electrons. The van der Waals surface area contributed by atoms with Gasteiger partial charge in [0.05, 0.1) is 42.1 Å².